The summed E-state index contributed by atoms with van der Waals surface area (Å²) in [6.07, 6.45) is 2.33. The van der Waals surface area contributed by atoms with Gasteiger partial charge in [-0.05, 0) is 17.5 Å². The molecule has 0 fully saturated rings. The van der Waals surface area contributed by atoms with Crippen molar-refractivity contribution in [2.24, 2.45) is 0 Å². The van der Waals surface area contributed by atoms with E-state index >= 15 is 0 Å². The van der Waals surface area contributed by atoms with Crippen molar-refractivity contribution in [2.45, 2.75) is 18.9 Å². The van der Waals surface area contributed by atoms with E-state index in [9.17, 15) is 9.90 Å². The molecule has 0 saturated heterocycles. The van der Waals surface area contributed by atoms with Crippen LogP contribution in [0.4, 0.5) is 0 Å². The number of halogens is 1. The minimum atomic E-state index is -0.579. The van der Waals surface area contributed by atoms with E-state index < -0.39 is 6.10 Å². The van der Waals surface area contributed by atoms with E-state index in [1.807, 2.05) is 52.9 Å². The Morgan fingerprint density at radius 1 is 1.39 bits per heavy atom. The topological polar surface area (TPSA) is 46.5 Å². The van der Waals surface area contributed by atoms with Gasteiger partial charge in [-0.2, -0.15) is 0 Å². The summed E-state index contributed by atoms with van der Waals surface area (Å²) in [5.74, 6) is -0.310. The normalized spacial score (nSPS) is 11.9. The van der Waals surface area contributed by atoms with Crippen LogP contribution in [0.2, 0.25) is 0 Å². The molecule has 0 aromatic heterocycles. The average molecular weight is 360 g/mol. The maximum absolute atomic E-state index is 11.5. The predicted octanol–water partition coefficient (Wildman–Crippen LogP) is 2.30. The lowest BCUT2D eigenvalue weighted by Crippen LogP contribution is -2.20. The van der Waals surface area contributed by atoms with E-state index in [1.165, 1.54) is 5.56 Å². The Labute approximate surface area is 121 Å². The SMILES string of the molecule is C=CCc1ccc(CC(=O)OCC(O)CI)cc1. The maximum atomic E-state index is 11.5. The molecule has 1 N–H and O–H groups in total. The van der Waals surface area contributed by atoms with Gasteiger partial charge in [-0.3, -0.25) is 4.79 Å². The smallest absolute Gasteiger partial charge is 0.310 e. The van der Waals surface area contributed by atoms with Crippen LogP contribution in [0, 0.1) is 0 Å². The highest BCUT2D eigenvalue weighted by atomic mass is 127. The highest BCUT2D eigenvalue weighted by Crippen LogP contribution is 2.07. The third-order valence-corrected chi connectivity index (χ3v) is 3.38. The monoisotopic (exact) mass is 360 g/mol. The summed E-state index contributed by atoms with van der Waals surface area (Å²) in [5.41, 5.74) is 2.08. The van der Waals surface area contributed by atoms with Gasteiger partial charge in [-0.1, -0.05) is 52.9 Å². The summed E-state index contributed by atoms with van der Waals surface area (Å²) in [5, 5.41) is 9.27. The van der Waals surface area contributed by atoms with Crippen molar-refractivity contribution in [1.29, 1.82) is 0 Å². The van der Waals surface area contributed by atoms with Crippen molar-refractivity contribution in [3.05, 3.63) is 48.0 Å². The minimum Gasteiger partial charge on any atom is -0.463 e. The zero-order chi connectivity index (χ0) is 13.4. The molecule has 0 aliphatic heterocycles. The quantitative estimate of drug-likeness (QED) is 0.351. The largest absolute Gasteiger partial charge is 0.463 e. The number of esters is 1. The summed E-state index contributed by atoms with van der Waals surface area (Å²) in [6.45, 7) is 3.74. The second-order valence-electron chi connectivity index (χ2n) is 3.98. The molecule has 0 spiro atoms. The van der Waals surface area contributed by atoms with Gasteiger partial charge in [0, 0.05) is 4.43 Å². The maximum Gasteiger partial charge on any atom is 0.310 e. The molecule has 1 aromatic rings. The van der Waals surface area contributed by atoms with Crippen LogP contribution in [0.3, 0.4) is 0 Å². The van der Waals surface area contributed by atoms with Crippen LogP contribution in [0.1, 0.15) is 11.1 Å². The molecule has 18 heavy (non-hydrogen) atoms. The number of ether oxygens (including phenoxy) is 1. The molecule has 1 aromatic carbocycles. The van der Waals surface area contributed by atoms with Gasteiger partial charge in [0.1, 0.15) is 6.61 Å². The van der Waals surface area contributed by atoms with E-state index in [0.717, 1.165) is 12.0 Å². The fraction of sp³-hybridized carbons (Fsp3) is 0.357. The molecule has 1 unspecified atom stereocenters. The lowest BCUT2D eigenvalue weighted by Gasteiger charge is -2.08. The molecule has 0 heterocycles. The Morgan fingerprint density at radius 2 is 2.00 bits per heavy atom. The van der Waals surface area contributed by atoms with Crippen molar-refractivity contribution in [3.8, 4) is 0 Å². The molecular weight excluding hydrogens is 343 g/mol. The molecule has 0 saturated carbocycles. The fourth-order valence-corrected chi connectivity index (χ4v) is 1.67. The first-order valence-electron chi connectivity index (χ1n) is 5.74. The van der Waals surface area contributed by atoms with E-state index in [0.29, 0.717) is 4.43 Å². The third-order valence-electron chi connectivity index (χ3n) is 2.37. The predicted molar refractivity (Wildman–Crippen MR) is 79.9 cm³/mol. The number of carbonyl (C=O) groups is 1. The van der Waals surface area contributed by atoms with E-state index in [4.69, 9.17) is 4.74 Å². The van der Waals surface area contributed by atoms with Gasteiger partial charge in [-0.15, -0.1) is 6.58 Å². The second-order valence-corrected chi connectivity index (χ2v) is 4.86. The van der Waals surface area contributed by atoms with Gasteiger partial charge in [0.15, 0.2) is 0 Å². The zero-order valence-corrected chi connectivity index (χ0v) is 12.3. The summed E-state index contributed by atoms with van der Waals surface area (Å²) in [6, 6.07) is 7.78. The highest BCUT2D eigenvalue weighted by molar-refractivity contribution is 14.1. The van der Waals surface area contributed by atoms with Crippen molar-refractivity contribution in [2.75, 3.05) is 11.0 Å². The summed E-state index contributed by atoms with van der Waals surface area (Å²) < 4.78 is 5.52. The molecule has 0 radical (unpaired) electrons. The van der Waals surface area contributed by atoms with Gasteiger partial charge in [-0.25, -0.2) is 0 Å². The number of carbonyl (C=O) groups excluding carboxylic acids is 1. The van der Waals surface area contributed by atoms with Gasteiger partial charge in [0.25, 0.3) is 0 Å². The van der Waals surface area contributed by atoms with Crippen LogP contribution < -0.4 is 0 Å². The number of rotatable bonds is 7. The molecule has 3 nitrogen and oxygen atoms in total. The zero-order valence-electron chi connectivity index (χ0n) is 10.1. The number of aliphatic hydroxyl groups is 1. The Hall–Kier alpha value is -0.880. The van der Waals surface area contributed by atoms with E-state index in [1.54, 1.807) is 0 Å². The van der Waals surface area contributed by atoms with Crippen LogP contribution in [0.15, 0.2) is 36.9 Å². The van der Waals surface area contributed by atoms with Gasteiger partial charge in [0.2, 0.25) is 0 Å². The van der Waals surface area contributed by atoms with Crippen LogP contribution in [-0.4, -0.2) is 28.2 Å². The number of aliphatic hydroxyl groups excluding tert-OH is 1. The molecule has 0 bridgehead atoms. The van der Waals surface area contributed by atoms with E-state index in [-0.39, 0.29) is 19.0 Å². The fourth-order valence-electron chi connectivity index (χ4n) is 1.41. The van der Waals surface area contributed by atoms with Crippen molar-refractivity contribution >= 4 is 28.6 Å². The summed E-state index contributed by atoms with van der Waals surface area (Å²) in [7, 11) is 0. The van der Waals surface area contributed by atoms with Gasteiger partial charge in [0.05, 0.1) is 12.5 Å². The molecule has 98 valence electrons. The Bertz CT molecular complexity index is 387. The van der Waals surface area contributed by atoms with Crippen molar-refractivity contribution in [1.82, 2.24) is 0 Å². The van der Waals surface area contributed by atoms with Crippen molar-refractivity contribution in [3.63, 3.8) is 0 Å². The third kappa shape index (κ3) is 5.64. The first-order chi connectivity index (χ1) is 8.65. The Balaban J connectivity index is 2.41. The summed E-state index contributed by atoms with van der Waals surface area (Å²) >= 11 is 2.05. The van der Waals surface area contributed by atoms with Gasteiger partial charge >= 0.3 is 5.97 Å². The number of benzene rings is 1. The molecule has 4 heteroatoms. The van der Waals surface area contributed by atoms with Crippen molar-refractivity contribution < 1.29 is 14.6 Å². The first-order valence-corrected chi connectivity index (χ1v) is 7.26. The number of alkyl halides is 1. The standard InChI is InChI=1S/C14H17IO3/c1-2-3-11-4-6-12(7-5-11)8-14(17)18-10-13(16)9-15/h2,4-7,13,16H,1,3,8-10H2. The molecule has 0 aliphatic rings. The molecule has 1 atom stereocenters. The number of allylic oxidation sites excluding steroid dienone is 1. The van der Waals surface area contributed by atoms with Crippen LogP contribution in [0.25, 0.3) is 0 Å². The summed E-state index contributed by atoms with van der Waals surface area (Å²) in [4.78, 5) is 11.5. The molecular formula is C14H17IO3. The average Bonchev–Trinajstić information content (AvgIpc) is 2.38. The second kappa shape index (κ2) is 8.26. The lowest BCUT2D eigenvalue weighted by atomic mass is 10.1. The van der Waals surface area contributed by atoms with Gasteiger partial charge < -0.3 is 9.84 Å². The first kappa shape index (κ1) is 15.2. The molecule has 0 aliphatic carbocycles. The highest BCUT2D eigenvalue weighted by Gasteiger charge is 2.08. The van der Waals surface area contributed by atoms with Crippen LogP contribution >= 0.6 is 22.6 Å². The molecule has 0 amide bonds. The number of hydrogen-bond donors (Lipinski definition) is 1. The van der Waals surface area contributed by atoms with E-state index in [2.05, 4.69) is 6.58 Å². The van der Waals surface area contributed by atoms with Crippen LogP contribution in [0.5, 0.6) is 0 Å². The number of hydrogen-bond acceptors (Lipinski definition) is 3. The molecule has 1 rings (SSSR count). The van der Waals surface area contributed by atoms with Crippen LogP contribution in [-0.2, 0) is 22.4 Å². The lowest BCUT2D eigenvalue weighted by molar-refractivity contribution is -0.145. The Morgan fingerprint density at radius 3 is 2.56 bits per heavy atom. The minimum absolute atomic E-state index is 0.0658. The Kier molecular flexibility index (Phi) is 6.97.